The number of carboxylic acids is 2. The molecule has 0 aliphatic rings. The summed E-state index contributed by atoms with van der Waals surface area (Å²) in [4.78, 5) is 45.0. The number of anilines is 2. The van der Waals surface area contributed by atoms with Crippen LogP contribution < -0.4 is 10.6 Å². The van der Waals surface area contributed by atoms with Crippen molar-refractivity contribution in [2.45, 2.75) is 0 Å². The van der Waals surface area contributed by atoms with Crippen molar-refractivity contribution in [3.63, 3.8) is 0 Å². The normalized spacial score (nSPS) is 9.83. The molecule has 0 saturated carbocycles. The fraction of sp³-hybridized carbons (Fsp3) is 0. The summed E-state index contributed by atoms with van der Waals surface area (Å²) in [5, 5.41) is 22.2. The maximum absolute atomic E-state index is 11.8. The molecular formula is C16H12N2O6. The Bertz CT molecular complexity index is 727. The monoisotopic (exact) mass is 328 g/mol. The summed E-state index contributed by atoms with van der Waals surface area (Å²) in [6.07, 6.45) is 0. The molecule has 8 heteroatoms. The van der Waals surface area contributed by atoms with E-state index in [0.29, 0.717) is 0 Å². The molecule has 2 aromatic carbocycles. The quantitative estimate of drug-likeness (QED) is 0.631. The van der Waals surface area contributed by atoms with Gasteiger partial charge >= 0.3 is 23.8 Å². The largest absolute Gasteiger partial charge is 0.478 e. The van der Waals surface area contributed by atoms with E-state index in [1.165, 1.54) is 48.5 Å². The van der Waals surface area contributed by atoms with Gasteiger partial charge < -0.3 is 20.8 Å². The number of nitrogens with one attached hydrogen (secondary N) is 2. The minimum absolute atomic E-state index is 0.0518. The van der Waals surface area contributed by atoms with Crippen molar-refractivity contribution >= 4 is 35.1 Å². The highest BCUT2D eigenvalue weighted by atomic mass is 16.4. The summed E-state index contributed by atoms with van der Waals surface area (Å²) in [5.41, 5.74) is 0.634. The summed E-state index contributed by atoms with van der Waals surface area (Å²) < 4.78 is 0. The van der Waals surface area contributed by atoms with Crippen molar-refractivity contribution in [1.82, 2.24) is 0 Å². The van der Waals surface area contributed by atoms with Crippen LogP contribution in [-0.4, -0.2) is 34.0 Å². The van der Waals surface area contributed by atoms with E-state index in [1.807, 2.05) is 0 Å². The molecule has 24 heavy (non-hydrogen) atoms. The Morgan fingerprint density at radius 2 is 0.875 bits per heavy atom. The van der Waals surface area contributed by atoms with Gasteiger partial charge in [0.25, 0.3) is 0 Å². The zero-order valence-corrected chi connectivity index (χ0v) is 12.1. The highest BCUT2D eigenvalue weighted by Crippen LogP contribution is 2.11. The molecule has 8 nitrogen and oxygen atoms in total. The molecule has 0 spiro atoms. The smallest absolute Gasteiger partial charge is 0.335 e. The summed E-state index contributed by atoms with van der Waals surface area (Å²) in [6, 6.07) is 10.6. The van der Waals surface area contributed by atoms with Gasteiger partial charge in [0, 0.05) is 11.4 Å². The lowest BCUT2D eigenvalue weighted by Crippen LogP contribution is -2.29. The fourth-order valence-electron chi connectivity index (χ4n) is 1.77. The standard InChI is InChI=1S/C16H12N2O6/c19-13(17-11-5-1-9(2-6-11)15(21)22)14(20)18-12-7-3-10(4-8-12)16(23)24/h1-8H,(H,17,19)(H,18,20)(H,21,22)(H,23,24). The summed E-state index contributed by atoms with van der Waals surface area (Å²) in [7, 11) is 0. The number of hydrogen-bond acceptors (Lipinski definition) is 4. The number of carbonyl (C=O) groups is 4. The minimum atomic E-state index is -1.10. The SMILES string of the molecule is O=C(Nc1ccc(C(=O)O)cc1)C(=O)Nc1ccc(C(=O)O)cc1. The molecule has 0 atom stereocenters. The number of rotatable bonds is 4. The van der Waals surface area contributed by atoms with Gasteiger partial charge in [-0.2, -0.15) is 0 Å². The van der Waals surface area contributed by atoms with E-state index >= 15 is 0 Å². The molecular weight excluding hydrogens is 316 g/mol. The van der Waals surface area contributed by atoms with Gasteiger partial charge in [-0.05, 0) is 48.5 Å². The third-order valence-corrected chi connectivity index (χ3v) is 2.99. The first-order valence-electron chi connectivity index (χ1n) is 6.66. The molecule has 2 rings (SSSR count). The molecule has 0 fully saturated rings. The zero-order valence-electron chi connectivity index (χ0n) is 12.1. The van der Waals surface area contributed by atoms with Crippen LogP contribution in [0.25, 0.3) is 0 Å². The lowest BCUT2D eigenvalue weighted by molar-refractivity contribution is -0.132. The minimum Gasteiger partial charge on any atom is -0.478 e. The second-order valence-electron chi connectivity index (χ2n) is 4.67. The average Bonchev–Trinajstić information content (AvgIpc) is 2.55. The van der Waals surface area contributed by atoms with E-state index in [-0.39, 0.29) is 22.5 Å². The van der Waals surface area contributed by atoms with Gasteiger partial charge in [0.15, 0.2) is 0 Å². The van der Waals surface area contributed by atoms with Crippen molar-refractivity contribution in [3.05, 3.63) is 59.7 Å². The van der Waals surface area contributed by atoms with Gasteiger partial charge in [0.2, 0.25) is 0 Å². The van der Waals surface area contributed by atoms with E-state index in [0.717, 1.165) is 0 Å². The molecule has 0 radical (unpaired) electrons. The molecule has 0 aromatic heterocycles. The van der Waals surface area contributed by atoms with Crippen LogP contribution >= 0.6 is 0 Å². The third kappa shape index (κ3) is 4.17. The predicted molar refractivity (Wildman–Crippen MR) is 84.1 cm³/mol. The maximum atomic E-state index is 11.8. The van der Waals surface area contributed by atoms with Crippen molar-refractivity contribution in [2.75, 3.05) is 10.6 Å². The zero-order chi connectivity index (χ0) is 17.7. The highest BCUT2D eigenvalue weighted by molar-refractivity contribution is 6.43. The van der Waals surface area contributed by atoms with Crippen molar-refractivity contribution in [1.29, 1.82) is 0 Å². The molecule has 0 saturated heterocycles. The fourth-order valence-corrected chi connectivity index (χ4v) is 1.77. The Labute approximate surface area is 135 Å². The average molecular weight is 328 g/mol. The van der Waals surface area contributed by atoms with Crippen LogP contribution in [0.4, 0.5) is 11.4 Å². The van der Waals surface area contributed by atoms with E-state index < -0.39 is 23.8 Å². The Morgan fingerprint density at radius 3 is 1.12 bits per heavy atom. The van der Waals surface area contributed by atoms with Crippen molar-refractivity contribution in [2.24, 2.45) is 0 Å². The predicted octanol–water partition coefficient (Wildman–Crippen LogP) is 1.66. The Morgan fingerprint density at radius 1 is 0.583 bits per heavy atom. The van der Waals surface area contributed by atoms with E-state index in [2.05, 4.69) is 10.6 Å². The summed E-state index contributed by atoms with van der Waals surface area (Å²) in [6.45, 7) is 0. The van der Waals surface area contributed by atoms with Gasteiger partial charge in [0.05, 0.1) is 11.1 Å². The Balaban J connectivity index is 1.97. The Hall–Kier alpha value is -3.68. The van der Waals surface area contributed by atoms with Crippen LogP contribution in [0.2, 0.25) is 0 Å². The molecule has 2 aromatic rings. The van der Waals surface area contributed by atoms with Crippen LogP contribution in [0.1, 0.15) is 20.7 Å². The van der Waals surface area contributed by atoms with E-state index in [4.69, 9.17) is 10.2 Å². The van der Waals surface area contributed by atoms with Gasteiger partial charge in [0.1, 0.15) is 0 Å². The van der Waals surface area contributed by atoms with Crippen LogP contribution in [-0.2, 0) is 9.59 Å². The number of benzene rings is 2. The van der Waals surface area contributed by atoms with Crippen molar-refractivity contribution < 1.29 is 29.4 Å². The number of hydrogen-bond donors (Lipinski definition) is 4. The van der Waals surface area contributed by atoms with Crippen LogP contribution in [0.15, 0.2) is 48.5 Å². The molecule has 0 unspecified atom stereocenters. The van der Waals surface area contributed by atoms with Crippen molar-refractivity contribution in [3.8, 4) is 0 Å². The highest BCUT2D eigenvalue weighted by Gasteiger charge is 2.14. The van der Waals surface area contributed by atoms with Crippen LogP contribution in [0.3, 0.4) is 0 Å². The first-order chi connectivity index (χ1) is 11.4. The van der Waals surface area contributed by atoms with Gasteiger partial charge in [-0.15, -0.1) is 0 Å². The molecule has 0 bridgehead atoms. The van der Waals surface area contributed by atoms with E-state index in [9.17, 15) is 19.2 Å². The summed E-state index contributed by atoms with van der Waals surface area (Å²) >= 11 is 0. The van der Waals surface area contributed by atoms with E-state index in [1.54, 1.807) is 0 Å². The number of aromatic carboxylic acids is 2. The number of carboxylic acid groups (broad SMARTS) is 2. The first-order valence-corrected chi connectivity index (χ1v) is 6.66. The Kier molecular flexibility index (Phi) is 4.90. The molecule has 0 aliphatic heterocycles. The molecule has 0 heterocycles. The maximum Gasteiger partial charge on any atom is 0.335 e. The number of amides is 2. The van der Waals surface area contributed by atoms with Gasteiger partial charge in [-0.25, -0.2) is 9.59 Å². The lowest BCUT2D eigenvalue weighted by Gasteiger charge is -2.07. The molecule has 4 N–H and O–H groups in total. The van der Waals surface area contributed by atoms with Gasteiger partial charge in [-0.1, -0.05) is 0 Å². The number of carbonyl (C=O) groups excluding carboxylic acids is 2. The van der Waals surface area contributed by atoms with Crippen LogP contribution in [0.5, 0.6) is 0 Å². The summed E-state index contributed by atoms with van der Waals surface area (Å²) in [5.74, 6) is -4.09. The molecule has 2 amide bonds. The molecule has 0 aliphatic carbocycles. The third-order valence-electron chi connectivity index (χ3n) is 2.99. The topological polar surface area (TPSA) is 133 Å². The second-order valence-corrected chi connectivity index (χ2v) is 4.67. The second kappa shape index (κ2) is 7.05. The van der Waals surface area contributed by atoms with Crippen LogP contribution in [0, 0.1) is 0 Å². The first kappa shape index (κ1) is 16.7. The van der Waals surface area contributed by atoms with Gasteiger partial charge in [-0.3, -0.25) is 9.59 Å². The lowest BCUT2D eigenvalue weighted by atomic mass is 10.2. The molecule has 122 valence electrons.